The SMILES string of the molecule is O=c1[nH]cnc2c1ncn2CCCc1ccccc1. The molecule has 3 rings (SSSR count). The lowest BCUT2D eigenvalue weighted by atomic mass is 10.1. The molecule has 1 aromatic carbocycles. The molecule has 0 fully saturated rings. The molecule has 19 heavy (non-hydrogen) atoms. The number of nitrogens with one attached hydrogen (secondary N) is 1. The summed E-state index contributed by atoms with van der Waals surface area (Å²) < 4.78 is 1.92. The largest absolute Gasteiger partial charge is 0.315 e. The van der Waals surface area contributed by atoms with Gasteiger partial charge in [0.2, 0.25) is 0 Å². The zero-order valence-electron chi connectivity index (χ0n) is 10.4. The lowest BCUT2D eigenvalue weighted by molar-refractivity contribution is 0.652. The van der Waals surface area contributed by atoms with Crippen LogP contribution in [-0.2, 0) is 13.0 Å². The molecule has 1 N–H and O–H groups in total. The Labute approximate surface area is 110 Å². The number of aromatic nitrogens is 4. The normalized spacial score (nSPS) is 10.9. The molecule has 2 aromatic heterocycles. The van der Waals surface area contributed by atoms with Crippen LogP contribution in [0.3, 0.4) is 0 Å². The Bertz CT molecular complexity index is 730. The Morgan fingerprint density at radius 3 is 2.84 bits per heavy atom. The van der Waals surface area contributed by atoms with Gasteiger partial charge in [-0.1, -0.05) is 30.3 Å². The van der Waals surface area contributed by atoms with Gasteiger partial charge in [0.1, 0.15) is 0 Å². The van der Waals surface area contributed by atoms with Gasteiger partial charge in [-0.25, -0.2) is 9.97 Å². The maximum absolute atomic E-state index is 11.5. The first kappa shape index (κ1) is 11.6. The third-order valence-electron chi connectivity index (χ3n) is 3.11. The molecular weight excluding hydrogens is 240 g/mol. The lowest BCUT2D eigenvalue weighted by Crippen LogP contribution is -2.07. The van der Waals surface area contributed by atoms with E-state index in [1.807, 2.05) is 22.8 Å². The topological polar surface area (TPSA) is 63.6 Å². The molecule has 2 heterocycles. The number of hydrogen-bond acceptors (Lipinski definition) is 3. The number of aromatic amines is 1. The fraction of sp³-hybridized carbons (Fsp3) is 0.214. The average Bonchev–Trinajstić information content (AvgIpc) is 2.85. The van der Waals surface area contributed by atoms with Crippen LogP contribution in [-0.4, -0.2) is 19.5 Å². The van der Waals surface area contributed by atoms with Gasteiger partial charge in [-0.3, -0.25) is 4.79 Å². The van der Waals surface area contributed by atoms with Crippen LogP contribution in [0.25, 0.3) is 11.2 Å². The summed E-state index contributed by atoms with van der Waals surface area (Å²) in [6, 6.07) is 10.3. The highest BCUT2D eigenvalue weighted by atomic mass is 16.1. The smallest absolute Gasteiger partial charge is 0.278 e. The first-order valence-electron chi connectivity index (χ1n) is 6.27. The molecule has 0 aliphatic rings. The molecule has 0 unspecified atom stereocenters. The lowest BCUT2D eigenvalue weighted by Gasteiger charge is -2.03. The van der Waals surface area contributed by atoms with Crippen LogP contribution in [0, 0.1) is 0 Å². The number of imidazole rings is 1. The number of aryl methyl sites for hydroxylation is 2. The van der Waals surface area contributed by atoms with Crippen molar-refractivity contribution in [1.29, 1.82) is 0 Å². The molecule has 96 valence electrons. The third kappa shape index (κ3) is 2.40. The molecule has 0 spiro atoms. The molecule has 0 saturated heterocycles. The van der Waals surface area contributed by atoms with Crippen molar-refractivity contribution in [1.82, 2.24) is 19.5 Å². The minimum absolute atomic E-state index is 0.188. The molecule has 0 atom stereocenters. The number of hydrogen-bond donors (Lipinski definition) is 1. The summed E-state index contributed by atoms with van der Waals surface area (Å²) >= 11 is 0. The standard InChI is InChI=1S/C14H14N4O/c19-14-12-13(15-9-16-14)18(10-17-12)8-4-7-11-5-2-1-3-6-11/h1-3,5-6,9-10H,4,7-8H2,(H,15,16,19). The fourth-order valence-electron chi connectivity index (χ4n) is 2.15. The van der Waals surface area contributed by atoms with Gasteiger partial charge in [-0.05, 0) is 18.4 Å². The maximum atomic E-state index is 11.5. The van der Waals surface area contributed by atoms with Crippen molar-refractivity contribution in [3.63, 3.8) is 0 Å². The highest BCUT2D eigenvalue weighted by molar-refractivity contribution is 5.68. The van der Waals surface area contributed by atoms with Crippen LogP contribution in [0.1, 0.15) is 12.0 Å². The second-order valence-electron chi connectivity index (χ2n) is 4.43. The van der Waals surface area contributed by atoms with Crippen LogP contribution in [0.4, 0.5) is 0 Å². The third-order valence-corrected chi connectivity index (χ3v) is 3.11. The van der Waals surface area contributed by atoms with Crippen LogP contribution in [0.5, 0.6) is 0 Å². The van der Waals surface area contributed by atoms with E-state index in [9.17, 15) is 4.79 Å². The summed E-state index contributed by atoms with van der Waals surface area (Å²) in [5, 5.41) is 0. The predicted molar refractivity (Wildman–Crippen MR) is 72.9 cm³/mol. The minimum Gasteiger partial charge on any atom is -0.315 e. The van der Waals surface area contributed by atoms with Gasteiger partial charge in [0.05, 0.1) is 12.7 Å². The molecule has 0 saturated carbocycles. The van der Waals surface area contributed by atoms with Crippen molar-refractivity contribution in [2.75, 3.05) is 0 Å². The summed E-state index contributed by atoms with van der Waals surface area (Å²) in [5.41, 5.74) is 2.18. The summed E-state index contributed by atoms with van der Waals surface area (Å²) in [6.07, 6.45) is 5.09. The molecular formula is C14H14N4O. The van der Waals surface area contributed by atoms with Gasteiger partial charge in [-0.15, -0.1) is 0 Å². The first-order chi connectivity index (χ1) is 9.34. The predicted octanol–water partition coefficient (Wildman–Crippen LogP) is 1.75. The summed E-state index contributed by atoms with van der Waals surface area (Å²) in [5.74, 6) is 0. The zero-order chi connectivity index (χ0) is 13.1. The number of nitrogens with zero attached hydrogens (tertiary/aromatic N) is 3. The highest BCUT2D eigenvalue weighted by Crippen LogP contribution is 2.08. The van der Waals surface area contributed by atoms with Crippen molar-refractivity contribution in [2.24, 2.45) is 0 Å². The Balaban J connectivity index is 1.72. The first-order valence-corrected chi connectivity index (χ1v) is 6.27. The van der Waals surface area contributed by atoms with E-state index in [4.69, 9.17) is 0 Å². The van der Waals surface area contributed by atoms with Crippen molar-refractivity contribution in [3.05, 3.63) is 58.9 Å². The van der Waals surface area contributed by atoms with Crippen LogP contribution in [0.2, 0.25) is 0 Å². The summed E-state index contributed by atoms with van der Waals surface area (Å²) in [4.78, 5) is 22.3. The van der Waals surface area contributed by atoms with E-state index in [0.29, 0.717) is 11.2 Å². The van der Waals surface area contributed by atoms with E-state index in [-0.39, 0.29) is 5.56 Å². The number of benzene rings is 1. The van der Waals surface area contributed by atoms with E-state index in [0.717, 1.165) is 19.4 Å². The van der Waals surface area contributed by atoms with Crippen molar-refractivity contribution in [2.45, 2.75) is 19.4 Å². The summed E-state index contributed by atoms with van der Waals surface area (Å²) in [7, 11) is 0. The van der Waals surface area contributed by atoms with E-state index in [1.165, 1.54) is 11.9 Å². The van der Waals surface area contributed by atoms with Crippen LogP contribution >= 0.6 is 0 Å². The molecule has 0 aliphatic heterocycles. The van der Waals surface area contributed by atoms with Crippen LogP contribution < -0.4 is 5.56 Å². The van der Waals surface area contributed by atoms with Crippen molar-refractivity contribution >= 4 is 11.2 Å². The van der Waals surface area contributed by atoms with Crippen molar-refractivity contribution < 1.29 is 0 Å². The Morgan fingerprint density at radius 2 is 2.00 bits per heavy atom. The van der Waals surface area contributed by atoms with Gasteiger partial charge in [0, 0.05) is 6.54 Å². The average molecular weight is 254 g/mol. The molecule has 0 radical (unpaired) electrons. The molecule has 3 aromatic rings. The quantitative estimate of drug-likeness (QED) is 0.771. The van der Waals surface area contributed by atoms with Gasteiger partial charge >= 0.3 is 0 Å². The van der Waals surface area contributed by atoms with Crippen molar-refractivity contribution in [3.8, 4) is 0 Å². The monoisotopic (exact) mass is 254 g/mol. The minimum atomic E-state index is -0.188. The van der Waals surface area contributed by atoms with E-state index in [2.05, 4.69) is 27.1 Å². The molecule has 0 aliphatic carbocycles. The second-order valence-corrected chi connectivity index (χ2v) is 4.43. The van der Waals surface area contributed by atoms with Gasteiger partial charge < -0.3 is 9.55 Å². The Morgan fingerprint density at radius 1 is 1.16 bits per heavy atom. The zero-order valence-corrected chi connectivity index (χ0v) is 10.4. The Kier molecular flexibility index (Phi) is 3.10. The highest BCUT2D eigenvalue weighted by Gasteiger charge is 2.06. The molecule has 5 heteroatoms. The molecule has 5 nitrogen and oxygen atoms in total. The number of H-pyrrole nitrogens is 1. The summed E-state index contributed by atoms with van der Waals surface area (Å²) in [6.45, 7) is 0.807. The fourth-order valence-corrected chi connectivity index (χ4v) is 2.15. The molecule has 0 bridgehead atoms. The maximum Gasteiger partial charge on any atom is 0.278 e. The number of rotatable bonds is 4. The van der Waals surface area contributed by atoms with E-state index in [1.54, 1.807) is 6.33 Å². The molecule has 0 amide bonds. The second kappa shape index (κ2) is 5.06. The number of fused-ring (bicyclic) bond motifs is 1. The van der Waals surface area contributed by atoms with E-state index < -0.39 is 0 Å². The van der Waals surface area contributed by atoms with Crippen LogP contribution in [0.15, 0.2) is 47.8 Å². The van der Waals surface area contributed by atoms with Gasteiger partial charge in [0.15, 0.2) is 11.2 Å². The van der Waals surface area contributed by atoms with Gasteiger partial charge in [0.25, 0.3) is 5.56 Å². The van der Waals surface area contributed by atoms with E-state index >= 15 is 0 Å². The Hall–Kier alpha value is -2.43. The van der Waals surface area contributed by atoms with Gasteiger partial charge in [-0.2, -0.15) is 0 Å².